The molecule has 1 aromatic carbocycles. The predicted octanol–water partition coefficient (Wildman–Crippen LogP) is 0.487. The third-order valence-corrected chi connectivity index (χ3v) is 4.12. The van der Waals surface area contributed by atoms with E-state index >= 15 is 0 Å². The van der Waals surface area contributed by atoms with Gasteiger partial charge in [0.15, 0.2) is 0 Å². The summed E-state index contributed by atoms with van der Waals surface area (Å²) in [6.45, 7) is 10.0. The molecule has 2 rings (SSSR count). The molecule has 20 heavy (non-hydrogen) atoms. The van der Waals surface area contributed by atoms with E-state index in [1.54, 1.807) is 12.1 Å². The average Bonchev–Trinajstić information content (AvgIpc) is 2.46. The molecule has 112 valence electrons. The monoisotopic (exact) mass is 298 g/mol. The molecule has 2 N–H and O–H groups in total. The lowest BCUT2D eigenvalue weighted by Gasteiger charge is -2.37. The molecule has 1 saturated heterocycles. The zero-order valence-corrected chi connectivity index (χ0v) is 13.0. The number of piperazine rings is 1. The zero-order chi connectivity index (χ0) is 13.8. The van der Waals surface area contributed by atoms with Crippen LogP contribution in [0.4, 0.5) is 0 Å². The Morgan fingerprint density at radius 2 is 1.65 bits per heavy atom. The molecule has 1 aliphatic heterocycles. The van der Waals surface area contributed by atoms with Crippen LogP contribution >= 0.6 is 12.4 Å². The Morgan fingerprint density at radius 1 is 1.10 bits per heavy atom. The molecule has 0 amide bonds. The molecular weight excluding hydrogens is 274 g/mol. The van der Waals surface area contributed by atoms with Gasteiger partial charge >= 0.3 is 7.12 Å². The quantitative estimate of drug-likeness (QED) is 0.794. The number of hydrogen-bond acceptors (Lipinski definition) is 4. The van der Waals surface area contributed by atoms with Crippen LogP contribution in [0.1, 0.15) is 25.5 Å². The number of rotatable bonds is 4. The summed E-state index contributed by atoms with van der Waals surface area (Å²) >= 11 is 0. The van der Waals surface area contributed by atoms with Crippen LogP contribution in [0.2, 0.25) is 0 Å². The van der Waals surface area contributed by atoms with Crippen molar-refractivity contribution < 1.29 is 10.0 Å². The number of hydrogen-bond donors (Lipinski definition) is 2. The van der Waals surface area contributed by atoms with Crippen LogP contribution in [0.15, 0.2) is 24.3 Å². The first-order valence-corrected chi connectivity index (χ1v) is 7.04. The minimum Gasteiger partial charge on any atom is -0.423 e. The molecule has 1 atom stereocenters. The first-order valence-electron chi connectivity index (χ1n) is 7.04. The van der Waals surface area contributed by atoms with Gasteiger partial charge in [0, 0.05) is 32.2 Å². The normalized spacial score (nSPS) is 18.4. The van der Waals surface area contributed by atoms with Crippen LogP contribution in [-0.4, -0.2) is 59.7 Å². The van der Waals surface area contributed by atoms with E-state index in [0.29, 0.717) is 11.5 Å². The van der Waals surface area contributed by atoms with E-state index in [4.69, 9.17) is 10.0 Å². The lowest BCUT2D eigenvalue weighted by Crippen LogP contribution is -2.46. The number of halogens is 1. The van der Waals surface area contributed by atoms with Crippen molar-refractivity contribution >= 4 is 25.0 Å². The Labute approximate surface area is 127 Å². The van der Waals surface area contributed by atoms with Gasteiger partial charge in [-0.05, 0) is 24.5 Å². The van der Waals surface area contributed by atoms with E-state index in [-0.39, 0.29) is 12.4 Å². The topological polar surface area (TPSA) is 46.9 Å². The standard InChI is InChI=1S/C14H23BN2O2.ClH/c1-3-16-8-10-17(11-9-16)12(2)13-4-6-14(7-5-13)15(18)19;/h4-7,12,18-19H,3,8-11H2,1-2H3;1H. The molecular formula is C14H24BClN2O2. The molecule has 1 heterocycles. The maximum absolute atomic E-state index is 9.10. The first kappa shape index (κ1) is 17.5. The number of likely N-dealkylation sites (N-methyl/N-ethyl adjacent to an activating group) is 1. The molecule has 0 spiro atoms. The summed E-state index contributed by atoms with van der Waals surface area (Å²) in [5, 5.41) is 18.2. The summed E-state index contributed by atoms with van der Waals surface area (Å²) in [5.41, 5.74) is 1.78. The van der Waals surface area contributed by atoms with Gasteiger partial charge in [-0.15, -0.1) is 12.4 Å². The minimum atomic E-state index is -1.38. The van der Waals surface area contributed by atoms with Crippen LogP contribution in [0.5, 0.6) is 0 Å². The van der Waals surface area contributed by atoms with Crippen molar-refractivity contribution in [3.8, 4) is 0 Å². The summed E-state index contributed by atoms with van der Waals surface area (Å²) in [7, 11) is -1.38. The summed E-state index contributed by atoms with van der Waals surface area (Å²) in [4.78, 5) is 4.95. The molecule has 1 unspecified atom stereocenters. The van der Waals surface area contributed by atoms with E-state index in [1.807, 2.05) is 12.1 Å². The fourth-order valence-electron chi connectivity index (χ4n) is 2.62. The van der Waals surface area contributed by atoms with E-state index in [0.717, 1.165) is 32.7 Å². The van der Waals surface area contributed by atoms with Gasteiger partial charge in [-0.2, -0.15) is 0 Å². The largest absolute Gasteiger partial charge is 0.488 e. The molecule has 0 bridgehead atoms. The summed E-state index contributed by atoms with van der Waals surface area (Å²) in [6.07, 6.45) is 0. The Morgan fingerprint density at radius 3 is 2.10 bits per heavy atom. The van der Waals surface area contributed by atoms with Gasteiger partial charge in [0.25, 0.3) is 0 Å². The van der Waals surface area contributed by atoms with Crippen molar-refractivity contribution in [3.63, 3.8) is 0 Å². The fraction of sp³-hybridized carbons (Fsp3) is 0.571. The second-order valence-corrected chi connectivity index (χ2v) is 5.19. The maximum Gasteiger partial charge on any atom is 0.488 e. The van der Waals surface area contributed by atoms with E-state index in [1.165, 1.54) is 5.56 Å². The number of nitrogens with zero attached hydrogens (tertiary/aromatic N) is 2. The van der Waals surface area contributed by atoms with Crippen molar-refractivity contribution in [2.45, 2.75) is 19.9 Å². The smallest absolute Gasteiger partial charge is 0.423 e. The summed E-state index contributed by atoms with van der Waals surface area (Å²) in [5.74, 6) is 0. The Kier molecular flexibility index (Phi) is 6.99. The fourth-order valence-corrected chi connectivity index (χ4v) is 2.62. The second-order valence-electron chi connectivity index (χ2n) is 5.19. The lowest BCUT2D eigenvalue weighted by molar-refractivity contribution is 0.106. The molecule has 0 aromatic heterocycles. The molecule has 1 aromatic rings. The van der Waals surface area contributed by atoms with Gasteiger partial charge in [-0.1, -0.05) is 31.2 Å². The molecule has 0 aliphatic carbocycles. The highest BCUT2D eigenvalue weighted by Crippen LogP contribution is 2.20. The van der Waals surface area contributed by atoms with Crippen molar-refractivity contribution in [1.29, 1.82) is 0 Å². The molecule has 0 radical (unpaired) electrons. The van der Waals surface area contributed by atoms with Crippen molar-refractivity contribution in [1.82, 2.24) is 9.80 Å². The van der Waals surface area contributed by atoms with Crippen LogP contribution in [-0.2, 0) is 0 Å². The predicted molar refractivity (Wildman–Crippen MR) is 85.6 cm³/mol. The van der Waals surface area contributed by atoms with Gasteiger partial charge in [-0.3, -0.25) is 4.90 Å². The minimum absolute atomic E-state index is 0. The lowest BCUT2D eigenvalue weighted by atomic mass is 9.80. The van der Waals surface area contributed by atoms with Crippen LogP contribution < -0.4 is 5.46 Å². The van der Waals surface area contributed by atoms with Gasteiger partial charge < -0.3 is 14.9 Å². The van der Waals surface area contributed by atoms with E-state index in [9.17, 15) is 0 Å². The maximum atomic E-state index is 9.10. The van der Waals surface area contributed by atoms with Crippen molar-refractivity contribution in [2.24, 2.45) is 0 Å². The van der Waals surface area contributed by atoms with Crippen LogP contribution in [0.3, 0.4) is 0 Å². The van der Waals surface area contributed by atoms with Gasteiger partial charge in [0.1, 0.15) is 0 Å². The third-order valence-electron chi connectivity index (χ3n) is 4.12. The van der Waals surface area contributed by atoms with Crippen molar-refractivity contribution in [2.75, 3.05) is 32.7 Å². The van der Waals surface area contributed by atoms with Gasteiger partial charge in [-0.25, -0.2) is 0 Å². The first-order chi connectivity index (χ1) is 9.11. The molecule has 0 saturated carbocycles. The van der Waals surface area contributed by atoms with Crippen molar-refractivity contribution in [3.05, 3.63) is 29.8 Å². The van der Waals surface area contributed by atoms with Crippen LogP contribution in [0.25, 0.3) is 0 Å². The third kappa shape index (κ3) is 4.20. The molecule has 6 heteroatoms. The Bertz CT molecular complexity index is 395. The van der Waals surface area contributed by atoms with Gasteiger partial charge in [0.2, 0.25) is 0 Å². The number of benzene rings is 1. The zero-order valence-electron chi connectivity index (χ0n) is 12.2. The molecule has 1 fully saturated rings. The summed E-state index contributed by atoms with van der Waals surface area (Å²) in [6, 6.07) is 7.94. The summed E-state index contributed by atoms with van der Waals surface area (Å²) < 4.78 is 0. The van der Waals surface area contributed by atoms with E-state index in [2.05, 4.69) is 23.6 Å². The highest BCUT2D eigenvalue weighted by atomic mass is 35.5. The molecule has 1 aliphatic rings. The second kappa shape index (κ2) is 8.00. The van der Waals surface area contributed by atoms with E-state index < -0.39 is 7.12 Å². The van der Waals surface area contributed by atoms with Crippen LogP contribution in [0, 0.1) is 0 Å². The Hall–Kier alpha value is -0.585. The SMILES string of the molecule is CCN1CCN(C(C)c2ccc(B(O)O)cc2)CC1.Cl. The highest BCUT2D eigenvalue weighted by Gasteiger charge is 2.21. The highest BCUT2D eigenvalue weighted by molar-refractivity contribution is 6.58. The average molecular weight is 299 g/mol. The molecule has 4 nitrogen and oxygen atoms in total. The van der Waals surface area contributed by atoms with Gasteiger partial charge in [0.05, 0.1) is 0 Å². The Balaban J connectivity index is 0.00000200.